The summed E-state index contributed by atoms with van der Waals surface area (Å²) in [5.74, 6) is -1.21. The summed E-state index contributed by atoms with van der Waals surface area (Å²) < 4.78 is 9.88. The average molecular weight is 377 g/mol. The summed E-state index contributed by atoms with van der Waals surface area (Å²) in [6.07, 6.45) is 4.43. The van der Waals surface area contributed by atoms with Gasteiger partial charge in [-0.25, -0.2) is 14.6 Å². The molecular formula is C19H27N3O5. The van der Waals surface area contributed by atoms with Gasteiger partial charge in [0.25, 0.3) is 5.91 Å². The van der Waals surface area contributed by atoms with E-state index in [1.54, 1.807) is 18.3 Å². The van der Waals surface area contributed by atoms with Gasteiger partial charge in [0.1, 0.15) is 17.4 Å². The van der Waals surface area contributed by atoms with Crippen molar-refractivity contribution in [2.45, 2.75) is 39.2 Å². The molecule has 0 aromatic carbocycles. The molecule has 2 atom stereocenters. The van der Waals surface area contributed by atoms with Crippen molar-refractivity contribution in [2.24, 2.45) is 5.92 Å². The summed E-state index contributed by atoms with van der Waals surface area (Å²) in [5, 5.41) is 2.58. The van der Waals surface area contributed by atoms with E-state index in [2.05, 4.69) is 10.3 Å². The maximum atomic E-state index is 12.4. The minimum absolute atomic E-state index is 0.0998. The number of methoxy groups -OCH3 is 1. The Bertz CT molecular complexity index is 673. The van der Waals surface area contributed by atoms with E-state index < -0.39 is 30.5 Å². The highest BCUT2D eigenvalue weighted by Crippen LogP contribution is 2.22. The maximum Gasteiger partial charge on any atom is 0.342 e. The van der Waals surface area contributed by atoms with Gasteiger partial charge in [0, 0.05) is 19.3 Å². The predicted octanol–water partition coefficient (Wildman–Crippen LogP) is 1.54. The van der Waals surface area contributed by atoms with E-state index in [0.29, 0.717) is 17.8 Å². The van der Waals surface area contributed by atoms with Gasteiger partial charge in [-0.3, -0.25) is 4.79 Å². The highest BCUT2D eigenvalue weighted by Gasteiger charge is 2.27. The summed E-state index contributed by atoms with van der Waals surface area (Å²) in [6, 6.07) is 2.52. The number of hydrogen-bond donors (Lipinski definition) is 1. The van der Waals surface area contributed by atoms with Crippen molar-refractivity contribution in [1.82, 2.24) is 10.3 Å². The number of amides is 1. The van der Waals surface area contributed by atoms with E-state index in [1.807, 2.05) is 18.7 Å². The molecule has 0 radical (unpaired) electrons. The monoisotopic (exact) mass is 377 g/mol. The number of aromatic nitrogens is 1. The maximum absolute atomic E-state index is 12.4. The van der Waals surface area contributed by atoms with Crippen LogP contribution in [-0.4, -0.2) is 55.7 Å². The number of pyridine rings is 1. The van der Waals surface area contributed by atoms with E-state index in [9.17, 15) is 14.4 Å². The molecule has 0 saturated carbocycles. The van der Waals surface area contributed by atoms with Crippen molar-refractivity contribution in [2.75, 3.05) is 31.7 Å². The van der Waals surface area contributed by atoms with Crippen LogP contribution >= 0.6 is 0 Å². The van der Waals surface area contributed by atoms with Crippen LogP contribution < -0.4 is 10.2 Å². The third-order valence-corrected chi connectivity index (χ3v) is 4.73. The zero-order valence-electron chi connectivity index (χ0n) is 16.1. The van der Waals surface area contributed by atoms with Crippen molar-refractivity contribution >= 4 is 23.7 Å². The summed E-state index contributed by atoms with van der Waals surface area (Å²) in [4.78, 5) is 42.7. The predicted molar refractivity (Wildman–Crippen MR) is 99.4 cm³/mol. The molecule has 2 unspecified atom stereocenters. The molecule has 1 aliphatic rings. The minimum atomic E-state index is -0.773. The fraction of sp³-hybridized carbons (Fsp3) is 0.579. The number of carbonyl (C=O) groups excluding carboxylic acids is 3. The molecule has 1 saturated heterocycles. The van der Waals surface area contributed by atoms with Crippen LogP contribution in [0.2, 0.25) is 0 Å². The SMILES string of the molecule is CCC(C)C(NC(=O)COC(=O)c1cccnc1N1CCCC1)C(=O)OC. The first kappa shape index (κ1) is 20.7. The molecule has 1 fully saturated rings. The topological polar surface area (TPSA) is 97.8 Å². The number of carbonyl (C=O) groups is 3. The van der Waals surface area contributed by atoms with E-state index in [0.717, 1.165) is 25.9 Å². The van der Waals surface area contributed by atoms with Gasteiger partial charge in [-0.2, -0.15) is 0 Å². The minimum Gasteiger partial charge on any atom is -0.467 e. The third kappa shape index (κ3) is 5.42. The normalized spacial score (nSPS) is 15.7. The summed E-state index contributed by atoms with van der Waals surface area (Å²) >= 11 is 0. The number of anilines is 1. The summed E-state index contributed by atoms with van der Waals surface area (Å²) in [7, 11) is 1.27. The highest BCUT2D eigenvalue weighted by atomic mass is 16.5. The first-order valence-corrected chi connectivity index (χ1v) is 9.22. The van der Waals surface area contributed by atoms with Gasteiger partial charge in [-0.15, -0.1) is 0 Å². The lowest BCUT2D eigenvalue weighted by Crippen LogP contribution is -2.47. The van der Waals surface area contributed by atoms with Gasteiger partial charge < -0.3 is 19.7 Å². The Labute approximate surface area is 159 Å². The molecular weight excluding hydrogens is 350 g/mol. The zero-order chi connectivity index (χ0) is 19.8. The molecule has 27 heavy (non-hydrogen) atoms. The largest absolute Gasteiger partial charge is 0.467 e. The van der Waals surface area contributed by atoms with Crippen molar-refractivity contribution in [3.05, 3.63) is 23.9 Å². The number of esters is 2. The van der Waals surface area contributed by atoms with Crippen LogP contribution in [0.5, 0.6) is 0 Å². The number of nitrogens with one attached hydrogen (secondary N) is 1. The Morgan fingerprint density at radius 2 is 2.00 bits per heavy atom. The van der Waals surface area contributed by atoms with E-state index in [1.165, 1.54) is 7.11 Å². The van der Waals surface area contributed by atoms with Gasteiger partial charge >= 0.3 is 11.9 Å². The van der Waals surface area contributed by atoms with Gasteiger partial charge in [0.2, 0.25) is 0 Å². The van der Waals surface area contributed by atoms with Crippen LogP contribution in [-0.2, 0) is 19.1 Å². The fourth-order valence-corrected chi connectivity index (χ4v) is 2.96. The second-order valence-corrected chi connectivity index (χ2v) is 6.60. The van der Waals surface area contributed by atoms with Gasteiger partial charge in [0.15, 0.2) is 6.61 Å². The zero-order valence-corrected chi connectivity index (χ0v) is 16.1. The summed E-state index contributed by atoms with van der Waals surface area (Å²) in [6.45, 7) is 4.96. The molecule has 8 nitrogen and oxygen atoms in total. The first-order valence-electron chi connectivity index (χ1n) is 9.22. The number of rotatable bonds is 8. The molecule has 2 rings (SSSR count). The standard InChI is InChI=1S/C19H27N3O5/c1-4-13(2)16(19(25)26-3)21-15(23)12-27-18(24)14-8-7-9-20-17(14)22-10-5-6-11-22/h7-9,13,16H,4-6,10-12H2,1-3H3,(H,21,23). The van der Waals surface area contributed by atoms with E-state index in [4.69, 9.17) is 9.47 Å². The first-order chi connectivity index (χ1) is 13.0. The lowest BCUT2D eigenvalue weighted by Gasteiger charge is -2.22. The third-order valence-electron chi connectivity index (χ3n) is 4.73. The Morgan fingerprint density at radius 1 is 1.30 bits per heavy atom. The molecule has 0 bridgehead atoms. The summed E-state index contributed by atoms with van der Waals surface area (Å²) in [5.41, 5.74) is 0.332. The Morgan fingerprint density at radius 3 is 2.63 bits per heavy atom. The lowest BCUT2D eigenvalue weighted by atomic mass is 9.99. The van der Waals surface area contributed by atoms with Crippen LogP contribution in [0.3, 0.4) is 0 Å². The van der Waals surface area contributed by atoms with Crippen molar-refractivity contribution in [3.63, 3.8) is 0 Å². The second kappa shape index (κ2) is 9.89. The van der Waals surface area contributed by atoms with Crippen molar-refractivity contribution in [1.29, 1.82) is 0 Å². The van der Waals surface area contributed by atoms with E-state index >= 15 is 0 Å². The van der Waals surface area contributed by atoms with Crippen LogP contribution in [0.15, 0.2) is 18.3 Å². The number of nitrogens with zero attached hydrogens (tertiary/aromatic N) is 2. The second-order valence-electron chi connectivity index (χ2n) is 6.60. The van der Waals surface area contributed by atoms with Crippen LogP contribution in [0.4, 0.5) is 5.82 Å². The molecule has 1 amide bonds. The van der Waals surface area contributed by atoms with Crippen LogP contribution in [0.1, 0.15) is 43.5 Å². The molecule has 1 aliphatic heterocycles. The molecule has 2 heterocycles. The van der Waals surface area contributed by atoms with E-state index in [-0.39, 0.29) is 5.92 Å². The van der Waals surface area contributed by atoms with Gasteiger partial charge in [-0.05, 0) is 30.9 Å². The molecule has 1 aromatic heterocycles. The number of hydrogen-bond acceptors (Lipinski definition) is 7. The van der Waals surface area contributed by atoms with Gasteiger partial charge in [0.05, 0.1) is 7.11 Å². The van der Waals surface area contributed by atoms with Gasteiger partial charge in [-0.1, -0.05) is 20.3 Å². The smallest absolute Gasteiger partial charge is 0.342 e. The molecule has 148 valence electrons. The molecule has 8 heteroatoms. The lowest BCUT2D eigenvalue weighted by molar-refractivity contribution is -0.147. The molecule has 1 N–H and O–H groups in total. The number of ether oxygens (including phenoxy) is 2. The molecule has 1 aromatic rings. The van der Waals surface area contributed by atoms with Crippen LogP contribution in [0.25, 0.3) is 0 Å². The Hall–Kier alpha value is -2.64. The Balaban J connectivity index is 1.97. The molecule has 0 spiro atoms. The average Bonchev–Trinajstić information content (AvgIpc) is 3.23. The fourth-order valence-electron chi connectivity index (χ4n) is 2.96. The quantitative estimate of drug-likeness (QED) is 0.686. The van der Waals surface area contributed by atoms with Crippen molar-refractivity contribution in [3.8, 4) is 0 Å². The van der Waals surface area contributed by atoms with Crippen LogP contribution in [0, 0.1) is 5.92 Å². The highest BCUT2D eigenvalue weighted by molar-refractivity contribution is 5.96. The molecule has 0 aliphatic carbocycles. The van der Waals surface area contributed by atoms with Crippen molar-refractivity contribution < 1.29 is 23.9 Å². The Kier molecular flexibility index (Phi) is 7.57.